The van der Waals surface area contributed by atoms with Gasteiger partial charge in [-0.3, -0.25) is 4.79 Å². The van der Waals surface area contributed by atoms with Crippen molar-refractivity contribution >= 4 is 29.5 Å². The number of carbonyl (C=O) groups is 1. The van der Waals surface area contributed by atoms with Crippen LogP contribution in [0.2, 0.25) is 10.3 Å². The van der Waals surface area contributed by atoms with Crippen LogP contribution in [-0.2, 0) is 0 Å². The number of aromatic nitrogens is 2. The molecule has 0 saturated carbocycles. The molecule has 0 unspecified atom stereocenters. The maximum Gasteiger partial charge on any atom is 0.171 e. The van der Waals surface area contributed by atoms with Gasteiger partial charge in [-0.25, -0.2) is 9.97 Å². The first-order valence-corrected chi connectivity index (χ1v) is 3.13. The second kappa shape index (κ2) is 2.94. The quantitative estimate of drug-likeness (QED) is 0.611. The molecule has 1 aromatic heterocycles. The van der Waals surface area contributed by atoms with Gasteiger partial charge in [0.2, 0.25) is 0 Å². The zero-order chi connectivity index (χ0) is 7.56. The third-order valence-corrected chi connectivity index (χ3v) is 1.31. The summed E-state index contributed by atoms with van der Waals surface area (Å²) in [5.41, 5.74) is 0.0640. The summed E-state index contributed by atoms with van der Waals surface area (Å²) < 4.78 is 0. The van der Waals surface area contributed by atoms with E-state index < -0.39 is 0 Å². The van der Waals surface area contributed by atoms with Crippen molar-refractivity contribution in [1.29, 1.82) is 0 Å². The van der Waals surface area contributed by atoms with Crippen LogP contribution in [0.15, 0.2) is 6.20 Å². The minimum atomic E-state index is 0.0640. The number of aldehydes is 1. The van der Waals surface area contributed by atoms with Gasteiger partial charge in [-0.15, -0.1) is 0 Å². The second-order valence-corrected chi connectivity index (χ2v) is 2.23. The molecule has 0 N–H and O–H groups in total. The summed E-state index contributed by atoms with van der Waals surface area (Å²) in [4.78, 5) is 17.3. The number of carbonyl (C=O) groups excluding carboxylic acids is 1. The molecule has 0 aliphatic rings. The van der Waals surface area contributed by atoms with Crippen LogP contribution in [0.3, 0.4) is 0 Å². The Morgan fingerprint density at radius 3 is 2.70 bits per heavy atom. The molecular weight excluding hydrogens is 175 g/mol. The molecule has 52 valence electrons. The van der Waals surface area contributed by atoms with Crippen LogP contribution in [-0.4, -0.2) is 16.3 Å². The predicted molar refractivity (Wildman–Crippen MR) is 37.4 cm³/mol. The number of rotatable bonds is 1. The summed E-state index contributed by atoms with van der Waals surface area (Å²) in [6, 6.07) is 0. The van der Waals surface area contributed by atoms with Gasteiger partial charge in [0, 0.05) is 0 Å². The highest BCUT2D eigenvalue weighted by molar-refractivity contribution is 6.32. The minimum absolute atomic E-state index is 0.0640. The normalized spacial score (nSPS) is 9.40. The van der Waals surface area contributed by atoms with E-state index in [9.17, 15) is 4.79 Å². The van der Waals surface area contributed by atoms with Gasteiger partial charge in [-0.05, 0) is 0 Å². The molecule has 0 atom stereocenters. The Hall–Kier alpha value is -0.670. The molecule has 0 aliphatic carbocycles. The van der Waals surface area contributed by atoms with Crippen molar-refractivity contribution in [2.75, 3.05) is 0 Å². The Morgan fingerprint density at radius 1 is 1.50 bits per heavy atom. The van der Waals surface area contributed by atoms with E-state index in [-0.39, 0.29) is 16.0 Å². The maximum absolute atomic E-state index is 10.1. The zero-order valence-corrected chi connectivity index (χ0v) is 6.23. The number of hydrogen-bond donors (Lipinski definition) is 0. The highest BCUT2D eigenvalue weighted by Crippen LogP contribution is 2.10. The van der Waals surface area contributed by atoms with E-state index in [2.05, 4.69) is 9.97 Å². The summed E-state index contributed by atoms with van der Waals surface area (Å²) in [5.74, 6) is 0. The van der Waals surface area contributed by atoms with Gasteiger partial charge in [0.05, 0.1) is 6.20 Å². The fourth-order valence-corrected chi connectivity index (χ4v) is 0.717. The van der Waals surface area contributed by atoms with Crippen molar-refractivity contribution in [2.24, 2.45) is 0 Å². The Bertz CT molecular complexity index is 264. The van der Waals surface area contributed by atoms with Crippen LogP contribution in [0.1, 0.15) is 10.5 Å². The fourth-order valence-electron chi connectivity index (χ4n) is 0.441. The molecule has 0 fully saturated rings. The van der Waals surface area contributed by atoms with E-state index in [0.717, 1.165) is 0 Å². The first-order valence-electron chi connectivity index (χ1n) is 2.37. The summed E-state index contributed by atoms with van der Waals surface area (Å²) in [6.45, 7) is 0. The van der Waals surface area contributed by atoms with E-state index in [1.807, 2.05) is 0 Å². The topological polar surface area (TPSA) is 42.9 Å². The molecule has 0 amide bonds. The number of hydrogen-bond acceptors (Lipinski definition) is 3. The summed E-state index contributed by atoms with van der Waals surface area (Å²) in [6.07, 6.45) is 1.78. The Morgan fingerprint density at radius 2 is 2.20 bits per heavy atom. The van der Waals surface area contributed by atoms with Crippen LogP contribution in [0.4, 0.5) is 0 Å². The van der Waals surface area contributed by atoms with E-state index in [1.165, 1.54) is 6.20 Å². The van der Waals surface area contributed by atoms with Crippen molar-refractivity contribution in [3.05, 3.63) is 22.2 Å². The van der Waals surface area contributed by atoms with Crippen LogP contribution >= 0.6 is 23.2 Å². The molecule has 5 heteroatoms. The Kier molecular flexibility index (Phi) is 2.19. The third-order valence-electron chi connectivity index (χ3n) is 0.835. The van der Waals surface area contributed by atoms with E-state index in [0.29, 0.717) is 6.29 Å². The molecular formula is C5H2Cl2N2O. The van der Waals surface area contributed by atoms with E-state index in [4.69, 9.17) is 23.2 Å². The third kappa shape index (κ3) is 1.43. The molecule has 0 radical (unpaired) electrons. The molecule has 0 saturated heterocycles. The second-order valence-electron chi connectivity index (χ2n) is 1.49. The minimum Gasteiger partial charge on any atom is -0.296 e. The van der Waals surface area contributed by atoms with Crippen molar-refractivity contribution in [3.8, 4) is 0 Å². The maximum atomic E-state index is 10.1. The van der Waals surface area contributed by atoms with Gasteiger partial charge >= 0.3 is 0 Å². The fraction of sp³-hybridized carbons (Fsp3) is 0. The molecule has 3 nitrogen and oxygen atoms in total. The Labute approximate surface area is 67.0 Å². The van der Waals surface area contributed by atoms with Crippen LogP contribution < -0.4 is 0 Å². The summed E-state index contributed by atoms with van der Waals surface area (Å²) in [7, 11) is 0. The SMILES string of the molecule is O=Cc1nc(Cl)cnc1Cl. The summed E-state index contributed by atoms with van der Waals surface area (Å²) in [5, 5.41) is 0.228. The number of halogens is 2. The summed E-state index contributed by atoms with van der Waals surface area (Å²) >= 11 is 10.8. The molecule has 0 bridgehead atoms. The van der Waals surface area contributed by atoms with Gasteiger partial charge in [0.25, 0.3) is 0 Å². The average Bonchev–Trinajstić information content (AvgIpc) is 1.94. The lowest BCUT2D eigenvalue weighted by Gasteiger charge is -1.92. The molecule has 0 spiro atoms. The number of nitrogens with zero attached hydrogens (tertiary/aromatic N) is 2. The van der Waals surface area contributed by atoms with E-state index in [1.54, 1.807) is 0 Å². The lowest BCUT2D eigenvalue weighted by atomic mass is 10.5. The van der Waals surface area contributed by atoms with Gasteiger partial charge < -0.3 is 0 Å². The molecule has 0 aliphatic heterocycles. The van der Waals surface area contributed by atoms with Crippen molar-refractivity contribution < 1.29 is 4.79 Å². The average molecular weight is 177 g/mol. The predicted octanol–water partition coefficient (Wildman–Crippen LogP) is 1.60. The first-order chi connectivity index (χ1) is 4.74. The first kappa shape index (κ1) is 7.44. The van der Waals surface area contributed by atoms with Gasteiger partial charge in [0.1, 0.15) is 10.8 Å². The standard InChI is InChI=1S/C5H2Cl2N2O/c6-4-1-8-5(7)3(2-10)9-4/h1-2H. The van der Waals surface area contributed by atoms with Crippen LogP contribution in [0, 0.1) is 0 Å². The Balaban J connectivity index is 3.21. The zero-order valence-electron chi connectivity index (χ0n) is 4.71. The highest BCUT2D eigenvalue weighted by Gasteiger charge is 2.01. The smallest absolute Gasteiger partial charge is 0.171 e. The van der Waals surface area contributed by atoms with Gasteiger partial charge in [-0.1, -0.05) is 23.2 Å². The highest BCUT2D eigenvalue weighted by atomic mass is 35.5. The van der Waals surface area contributed by atoms with E-state index >= 15 is 0 Å². The van der Waals surface area contributed by atoms with Crippen molar-refractivity contribution in [3.63, 3.8) is 0 Å². The van der Waals surface area contributed by atoms with Gasteiger partial charge in [-0.2, -0.15) is 0 Å². The van der Waals surface area contributed by atoms with Crippen LogP contribution in [0.25, 0.3) is 0 Å². The van der Waals surface area contributed by atoms with Crippen molar-refractivity contribution in [2.45, 2.75) is 0 Å². The lowest BCUT2D eigenvalue weighted by Crippen LogP contribution is -1.90. The molecule has 1 aromatic rings. The lowest BCUT2D eigenvalue weighted by molar-refractivity contribution is 0.111. The molecule has 1 rings (SSSR count). The van der Waals surface area contributed by atoms with Gasteiger partial charge in [0.15, 0.2) is 11.4 Å². The molecule has 10 heavy (non-hydrogen) atoms. The molecule has 0 aromatic carbocycles. The monoisotopic (exact) mass is 176 g/mol. The van der Waals surface area contributed by atoms with Crippen molar-refractivity contribution in [1.82, 2.24) is 9.97 Å². The largest absolute Gasteiger partial charge is 0.296 e. The van der Waals surface area contributed by atoms with Crippen LogP contribution in [0.5, 0.6) is 0 Å². The molecule has 1 heterocycles.